The molecule has 0 saturated carbocycles. The Morgan fingerprint density at radius 3 is 2.41 bits per heavy atom. The summed E-state index contributed by atoms with van der Waals surface area (Å²) in [6.07, 6.45) is -1.99. The largest absolute Gasteiger partial charge is 0.316 e. The first-order chi connectivity index (χ1) is 8.09. The fourth-order valence-corrected chi connectivity index (χ4v) is 1.39. The van der Waals surface area contributed by atoms with Crippen molar-refractivity contribution in [1.82, 2.24) is 9.78 Å². The van der Waals surface area contributed by atoms with Crippen LogP contribution in [0.5, 0.6) is 0 Å². The van der Waals surface area contributed by atoms with Crippen LogP contribution in [-0.2, 0) is 0 Å². The van der Waals surface area contributed by atoms with E-state index in [0.29, 0.717) is 5.69 Å². The van der Waals surface area contributed by atoms with E-state index >= 15 is 0 Å². The van der Waals surface area contributed by atoms with Crippen molar-refractivity contribution < 1.29 is 13.7 Å². The van der Waals surface area contributed by atoms with Crippen LogP contribution in [0.25, 0.3) is 5.69 Å². The molecule has 0 aliphatic rings. The third kappa shape index (κ3) is 2.12. The van der Waals surface area contributed by atoms with Crippen molar-refractivity contribution in [3.8, 4) is 5.69 Å². The van der Waals surface area contributed by atoms with Crippen molar-refractivity contribution in [2.45, 2.75) is 6.43 Å². The van der Waals surface area contributed by atoms with Gasteiger partial charge in [-0.2, -0.15) is 5.10 Å². The molecular formula is C10H7F2N3O2. The predicted molar refractivity (Wildman–Crippen MR) is 55.2 cm³/mol. The lowest BCUT2D eigenvalue weighted by Gasteiger charge is -1.98. The van der Waals surface area contributed by atoms with Gasteiger partial charge < -0.3 is 0 Å². The quantitative estimate of drug-likeness (QED) is 0.611. The zero-order valence-corrected chi connectivity index (χ0v) is 8.46. The maximum Gasteiger partial charge on any atom is 0.316 e. The monoisotopic (exact) mass is 239 g/mol. The van der Waals surface area contributed by atoms with Crippen molar-refractivity contribution in [1.29, 1.82) is 0 Å². The standard InChI is InChI=1S/C10H7F2N3O2/c11-10(12)9-8(15(16)17)6-14(13-9)7-4-2-1-3-5-7/h1-6,10H. The summed E-state index contributed by atoms with van der Waals surface area (Å²) in [6.45, 7) is 0. The fourth-order valence-electron chi connectivity index (χ4n) is 1.39. The number of hydrogen-bond acceptors (Lipinski definition) is 3. The van der Waals surface area contributed by atoms with Crippen LogP contribution in [-0.4, -0.2) is 14.7 Å². The van der Waals surface area contributed by atoms with Crippen LogP contribution in [0.3, 0.4) is 0 Å². The molecule has 0 amide bonds. The van der Waals surface area contributed by atoms with Gasteiger partial charge in [0.05, 0.1) is 10.6 Å². The second-order valence-electron chi connectivity index (χ2n) is 3.24. The van der Waals surface area contributed by atoms with E-state index in [2.05, 4.69) is 5.10 Å². The van der Waals surface area contributed by atoms with E-state index in [0.717, 1.165) is 10.9 Å². The van der Waals surface area contributed by atoms with Crippen molar-refractivity contribution in [2.24, 2.45) is 0 Å². The van der Waals surface area contributed by atoms with Crippen LogP contribution in [0.15, 0.2) is 36.5 Å². The Labute approximate surface area is 94.4 Å². The van der Waals surface area contributed by atoms with Crippen molar-refractivity contribution in [2.75, 3.05) is 0 Å². The maximum absolute atomic E-state index is 12.5. The van der Waals surface area contributed by atoms with E-state index in [1.807, 2.05) is 0 Å². The number of alkyl halides is 2. The Hall–Kier alpha value is -2.31. The number of para-hydroxylation sites is 1. The van der Waals surface area contributed by atoms with Gasteiger partial charge in [-0.1, -0.05) is 18.2 Å². The molecule has 0 aliphatic carbocycles. The van der Waals surface area contributed by atoms with Gasteiger partial charge in [0, 0.05) is 0 Å². The van der Waals surface area contributed by atoms with E-state index in [-0.39, 0.29) is 0 Å². The summed E-state index contributed by atoms with van der Waals surface area (Å²) in [6, 6.07) is 8.35. The molecule has 0 aliphatic heterocycles. The van der Waals surface area contributed by atoms with Gasteiger partial charge in [0.15, 0.2) is 0 Å². The molecule has 88 valence electrons. The normalized spacial score (nSPS) is 10.8. The Morgan fingerprint density at radius 1 is 1.29 bits per heavy atom. The third-order valence-corrected chi connectivity index (χ3v) is 2.15. The Kier molecular flexibility index (Phi) is 2.82. The Balaban J connectivity index is 2.51. The van der Waals surface area contributed by atoms with Gasteiger partial charge in [0.1, 0.15) is 6.20 Å². The SMILES string of the molecule is O=[N+]([O-])c1cn(-c2ccccc2)nc1C(F)F. The van der Waals surface area contributed by atoms with Crippen molar-refractivity contribution >= 4 is 5.69 Å². The average molecular weight is 239 g/mol. The molecule has 0 unspecified atom stereocenters. The maximum atomic E-state index is 12.5. The summed E-state index contributed by atoms with van der Waals surface area (Å²) < 4.78 is 26.1. The van der Waals surface area contributed by atoms with Crippen LogP contribution in [0.2, 0.25) is 0 Å². The summed E-state index contributed by atoms with van der Waals surface area (Å²) in [5, 5.41) is 14.1. The average Bonchev–Trinajstić information content (AvgIpc) is 2.75. The number of nitro groups is 1. The minimum atomic E-state index is -2.97. The molecule has 17 heavy (non-hydrogen) atoms. The highest BCUT2D eigenvalue weighted by Gasteiger charge is 2.26. The molecule has 0 radical (unpaired) electrons. The lowest BCUT2D eigenvalue weighted by molar-refractivity contribution is -0.386. The van der Waals surface area contributed by atoms with Gasteiger partial charge in [-0.3, -0.25) is 10.1 Å². The molecule has 2 aromatic rings. The van der Waals surface area contributed by atoms with Crippen LogP contribution < -0.4 is 0 Å². The Morgan fingerprint density at radius 2 is 1.94 bits per heavy atom. The molecule has 0 bridgehead atoms. The number of nitrogens with zero attached hydrogens (tertiary/aromatic N) is 3. The van der Waals surface area contributed by atoms with Crippen molar-refractivity contribution in [3.63, 3.8) is 0 Å². The van der Waals surface area contributed by atoms with Crippen LogP contribution >= 0.6 is 0 Å². The zero-order chi connectivity index (χ0) is 12.4. The van der Waals surface area contributed by atoms with Gasteiger partial charge in [-0.15, -0.1) is 0 Å². The molecule has 1 heterocycles. The van der Waals surface area contributed by atoms with Gasteiger partial charge >= 0.3 is 5.69 Å². The van der Waals surface area contributed by atoms with E-state index in [1.165, 1.54) is 0 Å². The summed E-state index contributed by atoms with van der Waals surface area (Å²) in [4.78, 5) is 9.72. The van der Waals surface area contributed by atoms with Gasteiger partial charge in [0.25, 0.3) is 6.43 Å². The van der Waals surface area contributed by atoms with Gasteiger partial charge in [0.2, 0.25) is 5.69 Å². The predicted octanol–water partition coefficient (Wildman–Crippen LogP) is 2.72. The van der Waals surface area contributed by atoms with Crippen LogP contribution in [0, 0.1) is 10.1 Å². The molecule has 2 rings (SSSR count). The summed E-state index contributed by atoms with van der Waals surface area (Å²) >= 11 is 0. The number of rotatable bonds is 3. The van der Waals surface area contributed by atoms with E-state index < -0.39 is 22.7 Å². The van der Waals surface area contributed by atoms with Crippen LogP contribution in [0.1, 0.15) is 12.1 Å². The zero-order valence-electron chi connectivity index (χ0n) is 8.46. The van der Waals surface area contributed by atoms with E-state index in [9.17, 15) is 18.9 Å². The number of benzene rings is 1. The molecule has 1 aromatic carbocycles. The summed E-state index contributed by atoms with van der Waals surface area (Å²) in [5.74, 6) is 0. The molecule has 7 heteroatoms. The van der Waals surface area contributed by atoms with Gasteiger partial charge in [-0.05, 0) is 12.1 Å². The highest BCUT2D eigenvalue weighted by atomic mass is 19.3. The summed E-state index contributed by atoms with van der Waals surface area (Å²) in [7, 11) is 0. The van der Waals surface area contributed by atoms with Crippen molar-refractivity contribution in [3.05, 3.63) is 52.3 Å². The number of aromatic nitrogens is 2. The second kappa shape index (κ2) is 4.28. The lowest BCUT2D eigenvalue weighted by Crippen LogP contribution is -1.96. The highest BCUT2D eigenvalue weighted by molar-refractivity contribution is 5.39. The first-order valence-electron chi connectivity index (χ1n) is 4.67. The molecule has 5 nitrogen and oxygen atoms in total. The first kappa shape index (κ1) is 11.2. The number of hydrogen-bond donors (Lipinski definition) is 0. The summed E-state index contributed by atoms with van der Waals surface area (Å²) in [5.41, 5.74) is -1.01. The molecule has 0 atom stereocenters. The third-order valence-electron chi connectivity index (χ3n) is 2.15. The first-order valence-corrected chi connectivity index (χ1v) is 4.67. The molecule has 0 spiro atoms. The topological polar surface area (TPSA) is 61.0 Å². The van der Waals surface area contributed by atoms with E-state index in [1.54, 1.807) is 30.3 Å². The smallest absolute Gasteiger partial charge is 0.258 e. The lowest BCUT2D eigenvalue weighted by atomic mass is 10.3. The van der Waals surface area contributed by atoms with Gasteiger partial charge in [-0.25, -0.2) is 13.5 Å². The molecule has 0 N–H and O–H groups in total. The Bertz CT molecular complexity index is 540. The van der Waals surface area contributed by atoms with Crippen LogP contribution in [0.4, 0.5) is 14.5 Å². The minimum Gasteiger partial charge on any atom is -0.258 e. The second-order valence-corrected chi connectivity index (χ2v) is 3.24. The molecule has 1 aromatic heterocycles. The molecule has 0 fully saturated rings. The molecular weight excluding hydrogens is 232 g/mol. The highest BCUT2D eigenvalue weighted by Crippen LogP contribution is 2.28. The molecule has 0 saturated heterocycles. The number of halogens is 2. The van der Waals surface area contributed by atoms with E-state index in [4.69, 9.17) is 0 Å². The fraction of sp³-hybridized carbons (Fsp3) is 0.100. The minimum absolute atomic E-state index is 0.488.